The minimum Gasteiger partial charge on any atom is -1.00 e. The van der Waals surface area contributed by atoms with E-state index in [0.29, 0.717) is 0 Å². The average Bonchev–Trinajstić information content (AvgIpc) is 2.47. The topological polar surface area (TPSA) is 0 Å². The van der Waals surface area contributed by atoms with E-state index in [1.54, 1.807) is 0 Å². The van der Waals surface area contributed by atoms with Gasteiger partial charge in [0.05, 0.1) is 32.6 Å². The van der Waals surface area contributed by atoms with E-state index in [1.165, 1.54) is 94.6 Å². The number of rotatable bonds is 16. The van der Waals surface area contributed by atoms with Crippen molar-refractivity contribution in [3.8, 4) is 0 Å². The maximum Gasteiger partial charge on any atom is 0.0922 e. The number of alkyl halides is 1. The molecule has 0 radical (unpaired) electrons. The molecule has 1 nitrogen and oxygen atoms in total. The van der Waals surface area contributed by atoms with Gasteiger partial charge in [0.2, 0.25) is 0 Å². The zero-order valence-electron chi connectivity index (χ0n) is 15.5. The molecule has 0 aromatic carbocycles. The molecule has 0 amide bonds. The van der Waals surface area contributed by atoms with Crippen LogP contribution in [0.3, 0.4) is 0 Å². The van der Waals surface area contributed by atoms with Gasteiger partial charge in [0.1, 0.15) is 0 Å². The Hall–Kier alpha value is 0.980. The Bertz CT molecular complexity index is 196. The van der Waals surface area contributed by atoms with Crippen molar-refractivity contribution < 1.29 is 28.5 Å². The standard InChI is InChI=1S/C19H41ClN.HI/c1-4-6-8-10-12-14-17-21(3,19-16-20)18-15-13-11-9-7-5-2;/h4-19H2,1-3H3;1H/q+1;/p-1. The highest BCUT2D eigenvalue weighted by Gasteiger charge is 2.19. The second-order valence-electron chi connectivity index (χ2n) is 7.01. The van der Waals surface area contributed by atoms with Crippen molar-refractivity contribution in [2.45, 2.75) is 90.9 Å². The summed E-state index contributed by atoms with van der Waals surface area (Å²) < 4.78 is 1.20. The van der Waals surface area contributed by atoms with Gasteiger partial charge >= 0.3 is 0 Å². The van der Waals surface area contributed by atoms with Gasteiger partial charge in [-0.25, -0.2) is 0 Å². The van der Waals surface area contributed by atoms with E-state index >= 15 is 0 Å². The van der Waals surface area contributed by atoms with Crippen LogP contribution in [0, 0.1) is 0 Å². The second-order valence-corrected chi connectivity index (χ2v) is 7.39. The molecule has 0 rings (SSSR count). The zero-order chi connectivity index (χ0) is 15.8. The first-order chi connectivity index (χ1) is 10.2. The Morgan fingerprint density at radius 3 is 1.32 bits per heavy atom. The molecule has 0 aliphatic heterocycles. The van der Waals surface area contributed by atoms with E-state index in [4.69, 9.17) is 11.6 Å². The van der Waals surface area contributed by atoms with Crippen molar-refractivity contribution >= 4 is 11.6 Å². The Labute approximate surface area is 163 Å². The minimum atomic E-state index is 0. The summed E-state index contributed by atoms with van der Waals surface area (Å²) in [7, 11) is 2.42. The highest BCUT2D eigenvalue weighted by Crippen LogP contribution is 2.13. The van der Waals surface area contributed by atoms with E-state index in [9.17, 15) is 0 Å². The molecule has 0 aromatic rings. The molecule has 0 unspecified atom stereocenters. The van der Waals surface area contributed by atoms with E-state index < -0.39 is 0 Å². The molecule has 0 atom stereocenters. The Balaban J connectivity index is 0. The molecule has 0 saturated carbocycles. The van der Waals surface area contributed by atoms with Crippen molar-refractivity contribution in [2.75, 3.05) is 32.6 Å². The average molecular weight is 446 g/mol. The van der Waals surface area contributed by atoms with Crippen LogP contribution >= 0.6 is 11.6 Å². The van der Waals surface area contributed by atoms with Crippen molar-refractivity contribution in [1.82, 2.24) is 0 Å². The number of quaternary nitrogens is 1. The summed E-state index contributed by atoms with van der Waals surface area (Å²) in [6.07, 6.45) is 16.8. The summed E-state index contributed by atoms with van der Waals surface area (Å²) >= 11 is 6.03. The predicted molar refractivity (Wildman–Crippen MR) is 98.3 cm³/mol. The Morgan fingerprint density at radius 2 is 0.955 bits per heavy atom. The van der Waals surface area contributed by atoms with Crippen LogP contribution in [0.25, 0.3) is 0 Å². The van der Waals surface area contributed by atoms with Crippen LogP contribution in [-0.2, 0) is 0 Å². The molecule has 136 valence electrons. The van der Waals surface area contributed by atoms with E-state index in [2.05, 4.69) is 20.9 Å². The van der Waals surface area contributed by atoms with Crippen LogP contribution in [0.1, 0.15) is 90.9 Å². The number of hydrogen-bond acceptors (Lipinski definition) is 0. The lowest BCUT2D eigenvalue weighted by atomic mass is 10.1. The lowest BCUT2D eigenvalue weighted by Gasteiger charge is -2.34. The Kier molecular flexibility index (Phi) is 21.0. The lowest BCUT2D eigenvalue weighted by molar-refractivity contribution is -0.907. The van der Waals surface area contributed by atoms with E-state index in [1.807, 2.05) is 0 Å². The number of halogens is 2. The van der Waals surface area contributed by atoms with Crippen molar-refractivity contribution in [1.29, 1.82) is 0 Å². The fourth-order valence-electron chi connectivity index (χ4n) is 3.09. The molecule has 0 aromatic heterocycles. The molecule has 3 heteroatoms. The molecule has 0 spiro atoms. The SMILES string of the molecule is CCCCCCCC[N+](C)(CCCl)CCCCCCCC.[I-]. The first-order valence-corrected chi connectivity index (χ1v) is 10.1. The van der Waals surface area contributed by atoms with Gasteiger partial charge in [-0.15, -0.1) is 11.6 Å². The Morgan fingerprint density at radius 1 is 0.591 bits per heavy atom. The molecule has 22 heavy (non-hydrogen) atoms. The molecule has 0 aliphatic carbocycles. The molecule has 0 fully saturated rings. The van der Waals surface area contributed by atoms with Gasteiger partial charge in [0.25, 0.3) is 0 Å². The number of nitrogens with zero attached hydrogens (tertiary/aromatic N) is 1. The van der Waals surface area contributed by atoms with Gasteiger partial charge in [-0.3, -0.25) is 0 Å². The van der Waals surface area contributed by atoms with Gasteiger partial charge in [-0.05, 0) is 25.7 Å². The quantitative estimate of drug-likeness (QED) is 0.148. The van der Waals surface area contributed by atoms with E-state index in [-0.39, 0.29) is 24.0 Å². The summed E-state index contributed by atoms with van der Waals surface area (Å²) in [5.41, 5.74) is 0. The fraction of sp³-hybridized carbons (Fsp3) is 1.00. The lowest BCUT2D eigenvalue weighted by Crippen LogP contribution is -3.00. The summed E-state index contributed by atoms with van der Waals surface area (Å²) in [4.78, 5) is 0. The zero-order valence-corrected chi connectivity index (χ0v) is 18.4. The molecule has 0 aliphatic rings. The molecule has 0 bridgehead atoms. The first-order valence-electron chi connectivity index (χ1n) is 9.58. The van der Waals surface area contributed by atoms with Gasteiger partial charge in [-0.1, -0.05) is 65.2 Å². The van der Waals surface area contributed by atoms with Crippen LogP contribution in [0.4, 0.5) is 0 Å². The van der Waals surface area contributed by atoms with Crippen molar-refractivity contribution in [3.63, 3.8) is 0 Å². The number of hydrogen-bond donors (Lipinski definition) is 0. The first kappa shape index (κ1) is 25.2. The number of unbranched alkanes of at least 4 members (excludes halogenated alkanes) is 10. The minimum absolute atomic E-state index is 0. The maximum atomic E-state index is 6.03. The summed E-state index contributed by atoms with van der Waals surface area (Å²) in [5, 5.41) is 0. The van der Waals surface area contributed by atoms with Crippen LogP contribution in [0.2, 0.25) is 0 Å². The molecule has 0 heterocycles. The van der Waals surface area contributed by atoms with Gasteiger partial charge in [0, 0.05) is 0 Å². The van der Waals surface area contributed by atoms with Crippen LogP contribution < -0.4 is 24.0 Å². The van der Waals surface area contributed by atoms with Crippen molar-refractivity contribution in [2.24, 2.45) is 0 Å². The highest BCUT2D eigenvalue weighted by atomic mass is 127. The third kappa shape index (κ3) is 15.9. The fourth-order valence-corrected chi connectivity index (χ4v) is 3.50. The monoisotopic (exact) mass is 445 g/mol. The predicted octanol–water partition coefficient (Wildman–Crippen LogP) is 3.40. The molecule has 0 saturated heterocycles. The smallest absolute Gasteiger partial charge is 0.0922 e. The summed E-state index contributed by atoms with van der Waals surface area (Å²) in [6.45, 7) is 8.37. The van der Waals surface area contributed by atoms with Crippen LogP contribution in [0.15, 0.2) is 0 Å². The third-order valence-corrected chi connectivity index (χ3v) is 4.90. The van der Waals surface area contributed by atoms with Gasteiger partial charge in [-0.2, -0.15) is 0 Å². The van der Waals surface area contributed by atoms with E-state index in [0.717, 1.165) is 12.4 Å². The maximum absolute atomic E-state index is 6.03. The van der Waals surface area contributed by atoms with Crippen LogP contribution in [-0.4, -0.2) is 37.0 Å². The third-order valence-electron chi connectivity index (χ3n) is 4.73. The summed E-state index contributed by atoms with van der Waals surface area (Å²) in [5.74, 6) is 0.808. The normalized spacial score (nSPS) is 11.5. The van der Waals surface area contributed by atoms with Crippen LogP contribution in [0.5, 0.6) is 0 Å². The van der Waals surface area contributed by atoms with Crippen molar-refractivity contribution in [3.05, 3.63) is 0 Å². The molecule has 0 N–H and O–H groups in total. The molecular weight excluding hydrogens is 405 g/mol. The highest BCUT2D eigenvalue weighted by molar-refractivity contribution is 6.17. The summed E-state index contributed by atoms with van der Waals surface area (Å²) in [6, 6.07) is 0. The van der Waals surface area contributed by atoms with Gasteiger partial charge < -0.3 is 28.5 Å². The second kappa shape index (κ2) is 18.3. The largest absolute Gasteiger partial charge is 1.00 e. The molecular formula is C19H41ClIN. The van der Waals surface area contributed by atoms with Gasteiger partial charge in [0.15, 0.2) is 0 Å².